The van der Waals surface area contributed by atoms with Gasteiger partial charge >= 0.3 is 0 Å². The van der Waals surface area contributed by atoms with Crippen LogP contribution in [0.15, 0.2) is 18.5 Å². The van der Waals surface area contributed by atoms with Gasteiger partial charge in [0.05, 0.1) is 11.9 Å². The first-order valence-electron chi connectivity index (χ1n) is 6.13. The second-order valence-corrected chi connectivity index (χ2v) is 5.00. The van der Waals surface area contributed by atoms with E-state index in [0.29, 0.717) is 17.0 Å². The maximum Gasteiger partial charge on any atom is 0.159 e. The van der Waals surface area contributed by atoms with E-state index in [1.54, 1.807) is 19.4 Å². The zero-order valence-electron chi connectivity index (χ0n) is 11.5. The summed E-state index contributed by atoms with van der Waals surface area (Å²) in [7, 11) is 1.62. The summed E-state index contributed by atoms with van der Waals surface area (Å²) in [5.74, 6) is 0.572. The number of rotatable bonds is 4. The number of ether oxygens (including phenoxy) is 1. The van der Waals surface area contributed by atoms with Gasteiger partial charge in [-0.25, -0.2) is 9.97 Å². The van der Waals surface area contributed by atoms with Crippen LogP contribution in [0.2, 0.25) is 5.15 Å². The standard InChI is InChI=1S/C13H17ClN4O/c1-8(2)18-7-10(6-15-18)11-5-12(14)17-13(16-11)9(3)19-4/h5-9H,1-4H3/t9-/m1/s1. The first-order chi connectivity index (χ1) is 9.01. The Morgan fingerprint density at radius 3 is 2.58 bits per heavy atom. The molecule has 0 saturated heterocycles. The Labute approximate surface area is 117 Å². The Morgan fingerprint density at radius 1 is 1.26 bits per heavy atom. The molecule has 5 nitrogen and oxygen atoms in total. The van der Waals surface area contributed by atoms with Crippen LogP contribution in [0, 0.1) is 0 Å². The van der Waals surface area contributed by atoms with Crippen LogP contribution >= 0.6 is 11.6 Å². The van der Waals surface area contributed by atoms with Crippen LogP contribution in [0.3, 0.4) is 0 Å². The van der Waals surface area contributed by atoms with Gasteiger partial charge in [0.25, 0.3) is 0 Å². The number of methoxy groups -OCH3 is 1. The van der Waals surface area contributed by atoms with Gasteiger partial charge in [-0.15, -0.1) is 0 Å². The highest BCUT2D eigenvalue weighted by molar-refractivity contribution is 6.29. The van der Waals surface area contributed by atoms with E-state index in [1.165, 1.54) is 0 Å². The third-order valence-electron chi connectivity index (χ3n) is 2.86. The molecule has 0 aliphatic carbocycles. The molecule has 0 amide bonds. The molecule has 0 fully saturated rings. The van der Waals surface area contributed by atoms with E-state index >= 15 is 0 Å². The van der Waals surface area contributed by atoms with Crippen molar-refractivity contribution in [3.8, 4) is 11.3 Å². The van der Waals surface area contributed by atoms with Crippen molar-refractivity contribution in [2.75, 3.05) is 7.11 Å². The Kier molecular flexibility index (Phi) is 4.17. The van der Waals surface area contributed by atoms with Crippen LogP contribution in [0.4, 0.5) is 0 Å². The molecule has 2 rings (SSSR count). The SMILES string of the molecule is CO[C@H](C)c1nc(Cl)cc(-c2cnn(C(C)C)c2)n1. The van der Waals surface area contributed by atoms with Crippen molar-refractivity contribution in [2.45, 2.75) is 32.9 Å². The van der Waals surface area contributed by atoms with Crippen LogP contribution in [0.1, 0.15) is 38.7 Å². The lowest BCUT2D eigenvalue weighted by atomic mass is 10.2. The van der Waals surface area contributed by atoms with Gasteiger partial charge in [0, 0.05) is 31.0 Å². The molecular formula is C13H17ClN4O. The topological polar surface area (TPSA) is 52.8 Å². The van der Waals surface area contributed by atoms with Crippen molar-refractivity contribution in [3.63, 3.8) is 0 Å². The first kappa shape index (κ1) is 14.0. The fourth-order valence-corrected chi connectivity index (χ4v) is 1.81. The summed E-state index contributed by atoms with van der Waals surface area (Å²) < 4.78 is 7.10. The lowest BCUT2D eigenvalue weighted by Crippen LogP contribution is -2.04. The van der Waals surface area contributed by atoms with Gasteiger partial charge in [-0.05, 0) is 20.8 Å². The van der Waals surface area contributed by atoms with Gasteiger partial charge < -0.3 is 4.74 Å². The van der Waals surface area contributed by atoms with E-state index in [-0.39, 0.29) is 6.10 Å². The second kappa shape index (κ2) is 5.67. The van der Waals surface area contributed by atoms with Crippen LogP contribution in [-0.4, -0.2) is 26.9 Å². The molecular weight excluding hydrogens is 264 g/mol. The number of aromatic nitrogens is 4. The molecule has 0 aliphatic rings. The Bertz CT molecular complexity index is 568. The molecule has 1 atom stereocenters. The summed E-state index contributed by atoms with van der Waals surface area (Å²) in [6.07, 6.45) is 3.53. The molecule has 0 N–H and O–H groups in total. The Balaban J connectivity index is 2.40. The van der Waals surface area contributed by atoms with E-state index in [4.69, 9.17) is 16.3 Å². The maximum atomic E-state index is 6.04. The van der Waals surface area contributed by atoms with Gasteiger partial charge in [-0.3, -0.25) is 4.68 Å². The predicted molar refractivity (Wildman–Crippen MR) is 74.1 cm³/mol. The average Bonchev–Trinajstić information content (AvgIpc) is 2.86. The quantitative estimate of drug-likeness (QED) is 0.807. The predicted octanol–water partition coefficient (Wildman–Crippen LogP) is 3.28. The first-order valence-corrected chi connectivity index (χ1v) is 6.51. The summed E-state index contributed by atoms with van der Waals surface area (Å²) in [5, 5.41) is 4.70. The zero-order chi connectivity index (χ0) is 14.0. The highest BCUT2D eigenvalue weighted by Gasteiger charge is 2.13. The third kappa shape index (κ3) is 3.11. The highest BCUT2D eigenvalue weighted by atomic mass is 35.5. The summed E-state index contributed by atoms with van der Waals surface area (Å²) in [5.41, 5.74) is 1.67. The molecule has 2 aromatic heterocycles. The number of hydrogen-bond acceptors (Lipinski definition) is 4. The zero-order valence-corrected chi connectivity index (χ0v) is 12.2. The van der Waals surface area contributed by atoms with E-state index in [0.717, 1.165) is 11.3 Å². The molecule has 0 spiro atoms. The molecule has 6 heteroatoms. The van der Waals surface area contributed by atoms with Crippen molar-refractivity contribution in [3.05, 3.63) is 29.4 Å². The molecule has 2 heterocycles. The van der Waals surface area contributed by atoms with Crippen molar-refractivity contribution in [2.24, 2.45) is 0 Å². The van der Waals surface area contributed by atoms with E-state index in [1.807, 2.05) is 17.8 Å². The minimum Gasteiger partial charge on any atom is -0.374 e. The van der Waals surface area contributed by atoms with Gasteiger partial charge in [0.15, 0.2) is 5.82 Å². The van der Waals surface area contributed by atoms with E-state index in [2.05, 4.69) is 28.9 Å². The van der Waals surface area contributed by atoms with Gasteiger partial charge in [-0.1, -0.05) is 11.6 Å². The summed E-state index contributed by atoms with van der Waals surface area (Å²) in [6.45, 7) is 6.03. The summed E-state index contributed by atoms with van der Waals surface area (Å²) in [6, 6.07) is 2.04. The van der Waals surface area contributed by atoms with Gasteiger partial charge in [0.2, 0.25) is 0 Å². The third-order valence-corrected chi connectivity index (χ3v) is 3.05. The van der Waals surface area contributed by atoms with Crippen LogP contribution in [0.25, 0.3) is 11.3 Å². The number of nitrogens with zero attached hydrogens (tertiary/aromatic N) is 4. The molecule has 0 aromatic carbocycles. The van der Waals surface area contributed by atoms with Crippen molar-refractivity contribution >= 4 is 11.6 Å². The molecule has 0 radical (unpaired) electrons. The van der Waals surface area contributed by atoms with Gasteiger partial charge in [0.1, 0.15) is 11.3 Å². The molecule has 0 bridgehead atoms. The minimum atomic E-state index is -0.197. The molecule has 0 unspecified atom stereocenters. The lowest BCUT2D eigenvalue weighted by molar-refractivity contribution is 0.112. The highest BCUT2D eigenvalue weighted by Crippen LogP contribution is 2.23. The van der Waals surface area contributed by atoms with E-state index < -0.39 is 0 Å². The monoisotopic (exact) mass is 280 g/mol. The largest absolute Gasteiger partial charge is 0.374 e. The fourth-order valence-electron chi connectivity index (χ4n) is 1.62. The number of hydrogen-bond donors (Lipinski definition) is 0. The van der Waals surface area contributed by atoms with Crippen molar-refractivity contribution < 1.29 is 4.74 Å². The second-order valence-electron chi connectivity index (χ2n) is 4.61. The minimum absolute atomic E-state index is 0.197. The van der Waals surface area contributed by atoms with E-state index in [9.17, 15) is 0 Å². The van der Waals surface area contributed by atoms with Crippen molar-refractivity contribution in [1.82, 2.24) is 19.7 Å². The van der Waals surface area contributed by atoms with Crippen molar-refractivity contribution in [1.29, 1.82) is 0 Å². The summed E-state index contributed by atoms with van der Waals surface area (Å²) >= 11 is 6.04. The molecule has 0 aliphatic heterocycles. The number of halogens is 1. The maximum absolute atomic E-state index is 6.04. The molecule has 0 saturated carbocycles. The lowest BCUT2D eigenvalue weighted by Gasteiger charge is -2.09. The van der Waals surface area contributed by atoms with Crippen LogP contribution in [-0.2, 0) is 4.74 Å². The molecule has 2 aromatic rings. The summed E-state index contributed by atoms with van der Waals surface area (Å²) in [4.78, 5) is 8.65. The average molecular weight is 281 g/mol. The molecule has 19 heavy (non-hydrogen) atoms. The van der Waals surface area contributed by atoms with Crippen LogP contribution in [0.5, 0.6) is 0 Å². The van der Waals surface area contributed by atoms with Crippen LogP contribution < -0.4 is 0 Å². The normalized spacial score (nSPS) is 12.9. The fraction of sp³-hybridized carbons (Fsp3) is 0.462. The molecule has 102 valence electrons. The smallest absolute Gasteiger partial charge is 0.159 e. The van der Waals surface area contributed by atoms with Gasteiger partial charge in [-0.2, -0.15) is 5.10 Å². The Morgan fingerprint density at radius 2 is 2.00 bits per heavy atom. The Hall–Kier alpha value is -1.46.